The van der Waals surface area contributed by atoms with Crippen LogP contribution in [0.4, 0.5) is 5.69 Å². The molecule has 1 aromatic rings. The summed E-state index contributed by atoms with van der Waals surface area (Å²) >= 11 is 0. The fourth-order valence-electron chi connectivity index (χ4n) is 2.33. The van der Waals surface area contributed by atoms with Crippen molar-refractivity contribution in [1.82, 2.24) is 5.32 Å². The molecule has 1 aliphatic carbocycles. The Morgan fingerprint density at radius 2 is 1.95 bits per heavy atom. The van der Waals surface area contributed by atoms with Gasteiger partial charge in [-0.15, -0.1) is 0 Å². The lowest BCUT2D eigenvalue weighted by Gasteiger charge is -2.13. The Morgan fingerprint density at radius 1 is 1.26 bits per heavy atom. The van der Waals surface area contributed by atoms with Crippen LogP contribution in [0, 0.1) is 0 Å². The predicted octanol–water partition coefficient (Wildman–Crippen LogP) is 2.02. The van der Waals surface area contributed by atoms with Crippen molar-refractivity contribution in [1.29, 1.82) is 0 Å². The van der Waals surface area contributed by atoms with E-state index >= 15 is 0 Å². The minimum Gasteiger partial charge on any atom is -0.507 e. The number of carbonyl (C=O) groups is 2. The van der Waals surface area contributed by atoms with Crippen LogP contribution in [0.25, 0.3) is 0 Å². The van der Waals surface area contributed by atoms with Crippen LogP contribution in [0.2, 0.25) is 0 Å². The molecule has 0 aromatic heterocycles. The predicted molar refractivity (Wildman–Crippen MR) is 72.1 cm³/mol. The first-order valence-electron chi connectivity index (χ1n) is 6.48. The SMILES string of the molecule is CC(=O)Nc1ccc(O)c(C(=O)NC2CCCC2)c1. The van der Waals surface area contributed by atoms with Crippen molar-refractivity contribution >= 4 is 17.5 Å². The Kier molecular flexibility index (Phi) is 4.04. The summed E-state index contributed by atoms with van der Waals surface area (Å²) in [7, 11) is 0. The van der Waals surface area contributed by atoms with Crippen LogP contribution in [0.3, 0.4) is 0 Å². The molecule has 0 radical (unpaired) electrons. The molecule has 0 heterocycles. The van der Waals surface area contributed by atoms with E-state index in [0.29, 0.717) is 5.69 Å². The summed E-state index contributed by atoms with van der Waals surface area (Å²) < 4.78 is 0. The second-order valence-corrected chi connectivity index (χ2v) is 4.87. The maximum Gasteiger partial charge on any atom is 0.255 e. The Balaban J connectivity index is 2.12. The van der Waals surface area contributed by atoms with E-state index in [9.17, 15) is 14.7 Å². The Bertz CT molecular complexity index is 493. The second kappa shape index (κ2) is 5.73. The monoisotopic (exact) mass is 262 g/mol. The van der Waals surface area contributed by atoms with E-state index in [2.05, 4.69) is 10.6 Å². The van der Waals surface area contributed by atoms with E-state index in [1.165, 1.54) is 19.1 Å². The van der Waals surface area contributed by atoms with Crippen LogP contribution < -0.4 is 10.6 Å². The lowest BCUT2D eigenvalue weighted by molar-refractivity contribution is -0.114. The van der Waals surface area contributed by atoms with E-state index in [4.69, 9.17) is 0 Å². The van der Waals surface area contributed by atoms with Crippen molar-refractivity contribution in [2.75, 3.05) is 5.32 Å². The molecule has 1 aliphatic rings. The van der Waals surface area contributed by atoms with Crippen LogP contribution >= 0.6 is 0 Å². The standard InChI is InChI=1S/C14H18N2O3/c1-9(17)15-11-6-7-13(18)12(8-11)14(19)16-10-4-2-3-5-10/h6-8,10,18H,2-5H2,1H3,(H,15,17)(H,16,19). The number of hydrogen-bond acceptors (Lipinski definition) is 3. The normalized spacial score (nSPS) is 15.2. The summed E-state index contributed by atoms with van der Waals surface area (Å²) in [4.78, 5) is 23.1. The van der Waals surface area contributed by atoms with Gasteiger partial charge in [0.2, 0.25) is 5.91 Å². The van der Waals surface area contributed by atoms with Gasteiger partial charge in [-0.2, -0.15) is 0 Å². The lowest BCUT2D eigenvalue weighted by Crippen LogP contribution is -2.32. The number of amides is 2. The van der Waals surface area contributed by atoms with Gasteiger partial charge in [0, 0.05) is 18.7 Å². The van der Waals surface area contributed by atoms with Crippen molar-refractivity contribution in [2.24, 2.45) is 0 Å². The van der Waals surface area contributed by atoms with E-state index in [1.807, 2.05) is 0 Å². The third-order valence-electron chi connectivity index (χ3n) is 3.25. The van der Waals surface area contributed by atoms with Gasteiger partial charge in [0.05, 0.1) is 5.56 Å². The zero-order chi connectivity index (χ0) is 13.8. The van der Waals surface area contributed by atoms with Crippen LogP contribution in [-0.4, -0.2) is 23.0 Å². The van der Waals surface area contributed by atoms with Gasteiger partial charge >= 0.3 is 0 Å². The third-order valence-corrected chi connectivity index (χ3v) is 3.25. The van der Waals surface area contributed by atoms with Gasteiger partial charge in [0.25, 0.3) is 5.91 Å². The summed E-state index contributed by atoms with van der Waals surface area (Å²) in [5.41, 5.74) is 0.694. The molecule has 19 heavy (non-hydrogen) atoms. The molecular formula is C14H18N2O3. The molecule has 0 spiro atoms. The molecule has 3 N–H and O–H groups in total. The van der Waals surface area contributed by atoms with Gasteiger partial charge in [0.1, 0.15) is 5.75 Å². The van der Waals surface area contributed by atoms with Gasteiger partial charge in [0.15, 0.2) is 0 Å². The minimum absolute atomic E-state index is 0.0791. The van der Waals surface area contributed by atoms with E-state index in [1.54, 1.807) is 6.07 Å². The maximum atomic E-state index is 12.1. The minimum atomic E-state index is -0.295. The van der Waals surface area contributed by atoms with Crippen LogP contribution in [-0.2, 0) is 4.79 Å². The quantitative estimate of drug-likeness (QED) is 0.729. The van der Waals surface area contributed by atoms with E-state index in [0.717, 1.165) is 25.7 Å². The molecular weight excluding hydrogens is 244 g/mol. The molecule has 1 saturated carbocycles. The van der Waals surface area contributed by atoms with Gasteiger partial charge in [-0.05, 0) is 31.0 Å². The smallest absolute Gasteiger partial charge is 0.255 e. The number of benzene rings is 1. The highest BCUT2D eigenvalue weighted by molar-refractivity contribution is 5.99. The van der Waals surface area contributed by atoms with Crippen molar-refractivity contribution in [3.63, 3.8) is 0 Å². The van der Waals surface area contributed by atoms with Crippen LogP contribution in [0.15, 0.2) is 18.2 Å². The molecule has 1 aromatic carbocycles. The van der Waals surface area contributed by atoms with E-state index in [-0.39, 0.29) is 29.2 Å². The summed E-state index contributed by atoms with van der Waals surface area (Å²) in [6, 6.07) is 4.65. The fourth-order valence-corrected chi connectivity index (χ4v) is 2.33. The topological polar surface area (TPSA) is 78.4 Å². The Morgan fingerprint density at radius 3 is 2.58 bits per heavy atom. The second-order valence-electron chi connectivity index (χ2n) is 4.87. The number of carbonyl (C=O) groups excluding carboxylic acids is 2. The summed E-state index contributed by atoms with van der Waals surface area (Å²) in [5, 5.41) is 15.2. The highest BCUT2D eigenvalue weighted by atomic mass is 16.3. The van der Waals surface area contributed by atoms with Gasteiger partial charge in [-0.25, -0.2) is 0 Å². The Labute approximate surface area is 112 Å². The summed E-state index contributed by atoms with van der Waals surface area (Å²) in [5.74, 6) is -0.589. The number of hydrogen-bond donors (Lipinski definition) is 3. The summed E-state index contributed by atoms with van der Waals surface area (Å²) in [6.07, 6.45) is 4.22. The molecule has 0 bridgehead atoms. The first-order chi connectivity index (χ1) is 9.06. The van der Waals surface area contributed by atoms with E-state index < -0.39 is 0 Å². The van der Waals surface area contributed by atoms with Gasteiger partial charge in [-0.1, -0.05) is 12.8 Å². The lowest BCUT2D eigenvalue weighted by atomic mass is 10.1. The van der Waals surface area contributed by atoms with Crippen molar-refractivity contribution < 1.29 is 14.7 Å². The molecule has 2 rings (SSSR count). The van der Waals surface area contributed by atoms with Crippen molar-refractivity contribution in [3.8, 4) is 5.75 Å². The van der Waals surface area contributed by atoms with Crippen molar-refractivity contribution in [3.05, 3.63) is 23.8 Å². The highest BCUT2D eigenvalue weighted by Crippen LogP contribution is 2.23. The number of aromatic hydroxyl groups is 1. The average molecular weight is 262 g/mol. The third kappa shape index (κ3) is 3.47. The first-order valence-corrected chi connectivity index (χ1v) is 6.48. The number of nitrogens with one attached hydrogen (secondary N) is 2. The van der Waals surface area contributed by atoms with Crippen LogP contribution in [0.5, 0.6) is 5.75 Å². The average Bonchev–Trinajstić information content (AvgIpc) is 2.83. The number of anilines is 1. The molecule has 0 aliphatic heterocycles. The number of phenols is 1. The molecule has 5 heteroatoms. The number of rotatable bonds is 3. The molecule has 5 nitrogen and oxygen atoms in total. The fraction of sp³-hybridized carbons (Fsp3) is 0.429. The molecule has 0 unspecified atom stereocenters. The Hall–Kier alpha value is -2.04. The van der Waals surface area contributed by atoms with Crippen LogP contribution in [0.1, 0.15) is 43.0 Å². The molecule has 0 atom stereocenters. The summed E-state index contributed by atoms with van der Waals surface area (Å²) in [6.45, 7) is 1.39. The molecule has 1 fully saturated rings. The molecule has 102 valence electrons. The zero-order valence-corrected chi connectivity index (χ0v) is 10.9. The number of phenolic OH excluding ortho intramolecular Hbond substituents is 1. The van der Waals surface area contributed by atoms with Gasteiger partial charge in [-0.3, -0.25) is 9.59 Å². The van der Waals surface area contributed by atoms with Crippen molar-refractivity contribution in [2.45, 2.75) is 38.6 Å². The maximum absolute atomic E-state index is 12.1. The highest BCUT2D eigenvalue weighted by Gasteiger charge is 2.20. The molecule has 0 saturated heterocycles. The first kappa shape index (κ1) is 13.4. The van der Waals surface area contributed by atoms with Gasteiger partial charge < -0.3 is 15.7 Å². The zero-order valence-electron chi connectivity index (χ0n) is 10.9. The largest absolute Gasteiger partial charge is 0.507 e. The molecule has 2 amide bonds.